The number of benzene rings is 6. The summed E-state index contributed by atoms with van der Waals surface area (Å²) in [7, 11) is 2.11. The van der Waals surface area contributed by atoms with Gasteiger partial charge in [0.15, 0.2) is 0 Å². The standard InChI is InChI=1S/C56H51BN3O2/c1-35-47-32-41(58-34-36-16-8-9-17-42(36)43-18-10-13-21-46(43)58)33-48(35)60(40-30-26-38(27-31-40)56(5,6)7)52-45-20-12-15-23-50(45)62-54(52)57-53-51(44-19-11-14-22-49(44)61-53)59(47)39-28-24-37(25-29-39)55(2,3)4/h8-33,36,42H,34H2,1-7H3. The Morgan fingerprint density at radius 1 is 0.532 bits per heavy atom. The lowest BCUT2D eigenvalue weighted by Crippen LogP contribution is -2.35. The summed E-state index contributed by atoms with van der Waals surface area (Å²) >= 11 is 0. The maximum Gasteiger partial charge on any atom is 0.295 e. The smallest absolute Gasteiger partial charge is 0.295 e. The van der Waals surface area contributed by atoms with Crippen LogP contribution in [0.4, 0.5) is 45.5 Å². The van der Waals surface area contributed by atoms with Gasteiger partial charge in [0.25, 0.3) is 7.28 Å². The van der Waals surface area contributed by atoms with Crippen molar-refractivity contribution in [3.8, 4) is 0 Å². The summed E-state index contributed by atoms with van der Waals surface area (Å²) in [5.41, 5.74) is 16.7. The maximum atomic E-state index is 6.96. The van der Waals surface area contributed by atoms with Crippen LogP contribution in [-0.4, -0.2) is 13.8 Å². The fourth-order valence-corrected chi connectivity index (χ4v) is 9.90. The van der Waals surface area contributed by atoms with E-state index in [-0.39, 0.29) is 10.8 Å². The molecule has 0 N–H and O–H groups in total. The summed E-state index contributed by atoms with van der Waals surface area (Å²) in [6.07, 6.45) is 9.18. The molecule has 8 aromatic rings. The van der Waals surface area contributed by atoms with Gasteiger partial charge in [-0.05, 0) is 107 Å². The molecule has 0 saturated carbocycles. The second kappa shape index (κ2) is 14.2. The van der Waals surface area contributed by atoms with Crippen LogP contribution in [0.1, 0.15) is 69.7 Å². The van der Waals surface area contributed by atoms with Gasteiger partial charge in [0, 0.05) is 51.9 Å². The molecule has 0 fully saturated rings. The van der Waals surface area contributed by atoms with Crippen molar-refractivity contribution in [1.29, 1.82) is 0 Å². The summed E-state index contributed by atoms with van der Waals surface area (Å²) < 4.78 is 13.9. The lowest BCUT2D eigenvalue weighted by molar-refractivity contribution is 0.557. The van der Waals surface area contributed by atoms with Crippen molar-refractivity contribution >= 4 is 86.0 Å². The highest BCUT2D eigenvalue weighted by molar-refractivity contribution is 6.69. The van der Waals surface area contributed by atoms with E-state index in [9.17, 15) is 0 Å². The van der Waals surface area contributed by atoms with Crippen LogP contribution in [0.5, 0.6) is 0 Å². The third-order valence-corrected chi connectivity index (χ3v) is 13.2. The Morgan fingerprint density at radius 2 is 1.02 bits per heavy atom. The van der Waals surface area contributed by atoms with Crippen LogP contribution in [0.25, 0.3) is 21.9 Å². The molecule has 2 atom stereocenters. The zero-order valence-electron chi connectivity index (χ0n) is 36.6. The maximum absolute atomic E-state index is 6.96. The number of fused-ring (bicyclic) bond motifs is 11. The van der Waals surface area contributed by atoms with Crippen molar-refractivity contribution in [3.05, 3.63) is 180 Å². The molecular formula is C56H51BN3O2. The quantitative estimate of drug-likeness (QED) is 0.166. The molecule has 1 radical (unpaired) electrons. The number of anilines is 8. The first-order chi connectivity index (χ1) is 29.9. The van der Waals surface area contributed by atoms with Crippen LogP contribution in [0.15, 0.2) is 167 Å². The van der Waals surface area contributed by atoms with Crippen LogP contribution < -0.4 is 26.0 Å². The van der Waals surface area contributed by atoms with Crippen LogP contribution in [0.3, 0.4) is 0 Å². The van der Waals surface area contributed by atoms with Gasteiger partial charge in [0.1, 0.15) is 11.2 Å². The van der Waals surface area contributed by atoms with Crippen molar-refractivity contribution < 1.29 is 8.83 Å². The van der Waals surface area contributed by atoms with E-state index in [1.54, 1.807) is 0 Å². The van der Waals surface area contributed by atoms with E-state index in [1.165, 1.54) is 22.4 Å². The second-order valence-electron chi connectivity index (χ2n) is 19.3. The van der Waals surface area contributed by atoms with Crippen molar-refractivity contribution in [2.24, 2.45) is 5.92 Å². The molecule has 3 aliphatic rings. The molecule has 2 aliphatic heterocycles. The largest absolute Gasteiger partial charge is 0.469 e. The summed E-state index contributed by atoms with van der Waals surface area (Å²) in [5, 5.41) is 2.06. The monoisotopic (exact) mass is 808 g/mol. The molecule has 2 aromatic heterocycles. The Bertz CT molecular complexity index is 2920. The van der Waals surface area contributed by atoms with Gasteiger partial charge < -0.3 is 23.5 Å². The molecule has 6 heteroatoms. The Hall–Kier alpha value is -6.66. The van der Waals surface area contributed by atoms with E-state index in [0.717, 1.165) is 85.2 Å². The molecule has 2 unspecified atom stereocenters. The topological polar surface area (TPSA) is 36.0 Å². The Morgan fingerprint density at radius 3 is 1.55 bits per heavy atom. The average molecular weight is 809 g/mol. The van der Waals surface area contributed by atoms with Crippen LogP contribution in [0, 0.1) is 12.8 Å². The van der Waals surface area contributed by atoms with Crippen LogP contribution in [-0.2, 0) is 10.8 Å². The second-order valence-corrected chi connectivity index (χ2v) is 19.3. The van der Waals surface area contributed by atoms with Crippen molar-refractivity contribution in [2.75, 3.05) is 21.2 Å². The molecule has 1 aliphatic carbocycles. The third-order valence-electron chi connectivity index (χ3n) is 13.2. The normalized spacial score (nSPS) is 17.1. The number of rotatable bonds is 3. The SMILES string of the molecule is Cc1c2cc(N3CC4C=CC=CC4c4ccccc43)cc1N(c1ccc(C(C)(C)C)cc1)c1c(oc3ccccc13)[B]c1oc3ccccc3c1N2c1ccc(C(C)(C)C)cc1. The van der Waals surface area contributed by atoms with E-state index in [1.807, 2.05) is 0 Å². The van der Waals surface area contributed by atoms with E-state index in [0.29, 0.717) is 11.8 Å². The highest BCUT2D eigenvalue weighted by Gasteiger charge is 2.37. The highest BCUT2D eigenvalue weighted by Crippen LogP contribution is 2.52. The molecule has 6 aromatic carbocycles. The Balaban J connectivity index is 1.26. The molecule has 2 bridgehead atoms. The minimum atomic E-state index is -0.00251. The fourth-order valence-electron chi connectivity index (χ4n) is 9.90. The van der Waals surface area contributed by atoms with E-state index in [2.05, 4.69) is 228 Å². The first-order valence-corrected chi connectivity index (χ1v) is 22.0. The van der Waals surface area contributed by atoms with Gasteiger partial charge >= 0.3 is 0 Å². The molecule has 62 heavy (non-hydrogen) atoms. The van der Waals surface area contributed by atoms with Crippen LogP contribution >= 0.6 is 0 Å². The van der Waals surface area contributed by atoms with Gasteiger partial charge in [-0.3, -0.25) is 0 Å². The predicted molar refractivity (Wildman–Crippen MR) is 260 cm³/mol. The third kappa shape index (κ3) is 6.22. The van der Waals surface area contributed by atoms with Crippen LogP contribution in [0.2, 0.25) is 0 Å². The minimum absolute atomic E-state index is 0.00251. The number of nitrogens with zero attached hydrogens (tertiary/aromatic N) is 3. The molecule has 305 valence electrons. The first kappa shape index (κ1) is 38.3. The zero-order valence-corrected chi connectivity index (χ0v) is 36.6. The van der Waals surface area contributed by atoms with Gasteiger partial charge in [-0.1, -0.05) is 133 Å². The van der Waals surface area contributed by atoms with Gasteiger partial charge in [-0.15, -0.1) is 0 Å². The lowest BCUT2D eigenvalue weighted by Gasteiger charge is -2.41. The molecule has 0 amide bonds. The number of allylic oxidation sites excluding steroid dienone is 3. The minimum Gasteiger partial charge on any atom is -0.469 e. The first-order valence-electron chi connectivity index (χ1n) is 22.0. The molecule has 0 spiro atoms. The molecule has 4 heterocycles. The summed E-state index contributed by atoms with van der Waals surface area (Å²) in [6, 6.07) is 48.9. The predicted octanol–water partition coefficient (Wildman–Crippen LogP) is 14.0. The summed E-state index contributed by atoms with van der Waals surface area (Å²) in [5.74, 6) is 0.654. The summed E-state index contributed by atoms with van der Waals surface area (Å²) in [6.45, 7) is 16.8. The molecular weight excluding hydrogens is 757 g/mol. The van der Waals surface area contributed by atoms with E-state index < -0.39 is 0 Å². The number of para-hydroxylation sites is 3. The Kier molecular flexibility index (Phi) is 8.77. The van der Waals surface area contributed by atoms with Crippen molar-refractivity contribution in [2.45, 2.75) is 65.2 Å². The van der Waals surface area contributed by atoms with Gasteiger partial charge in [-0.25, -0.2) is 0 Å². The average Bonchev–Trinajstić information content (AvgIpc) is 3.81. The van der Waals surface area contributed by atoms with Gasteiger partial charge in [-0.2, -0.15) is 0 Å². The lowest BCUT2D eigenvalue weighted by atomic mass is 9.70. The number of furan rings is 2. The van der Waals surface area contributed by atoms with Crippen molar-refractivity contribution in [3.63, 3.8) is 0 Å². The fraction of sp³-hybridized carbons (Fsp3) is 0.214. The summed E-state index contributed by atoms with van der Waals surface area (Å²) in [4.78, 5) is 7.42. The molecule has 11 rings (SSSR count). The van der Waals surface area contributed by atoms with Gasteiger partial charge in [0.2, 0.25) is 0 Å². The zero-order chi connectivity index (χ0) is 42.5. The molecule has 0 saturated heterocycles. The van der Waals surface area contributed by atoms with E-state index in [4.69, 9.17) is 8.83 Å². The Labute approximate surface area is 365 Å². The number of hydrogen-bond donors (Lipinski definition) is 0. The van der Waals surface area contributed by atoms with E-state index >= 15 is 0 Å². The highest BCUT2D eigenvalue weighted by atomic mass is 16.3. The van der Waals surface area contributed by atoms with Gasteiger partial charge in [0.05, 0.1) is 34.1 Å². The molecule has 5 nitrogen and oxygen atoms in total. The van der Waals surface area contributed by atoms with Crippen molar-refractivity contribution in [1.82, 2.24) is 0 Å². The number of hydrogen-bond acceptors (Lipinski definition) is 5.